The third-order valence-electron chi connectivity index (χ3n) is 4.76. The van der Waals surface area contributed by atoms with Crippen molar-refractivity contribution in [1.29, 1.82) is 0 Å². The van der Waals surface area contributed by atoms with Gasteiger partial charge in [0.05, 0.1) is 26.7 Å². The van der Waals surface area contributed by atoms with Crippen LogP contribution in [0.25, 0.3) is 0 Å². The number of likely N-dealkylation sites (N-methyl/N-ethyl adjacent to an activating group) is 1. The molecule has 0 spiro atoms. The first-order valence-corrected chi connectivity index (χ1v) is 7.51. The molecular weight excluding hydrogens is 353 g/mol. The predicted octanol–water partition coefficient (Wildman–Crippen LogP) is -0.671. The molecule has 3 atom stereocenters. The zero-order valence-corrected chi connectivity index (χ0v) is 14.0. The molecule has 0 aromatic rings. The van der Waals surface area contributed by atoms with Gasteiger partial charge in [0.25, 0.3) is 0 Å². The number of hydrogen-bond acceptors (Lipinski definition) is 2. The SMILES string of the molecule is C[N+]1(CC2COC(C3CC=CCC3)O2)CCCC1.[I-]. The highest BCUT2D eigenvalue weighted by atomic mass is 127. The van der Waals surface area contributed by atoms with Crippen LogP contribution >= 0.6 is 0 Å². The largest absolute Gasteiger partial charge is 1.00 e. The normalized spacial score (nSPS) is 37.2. The lowest BCUT2D eigenvalue weighted by molar-refractivity contribution is -0.900. The fraction of sp³-hybridized carbons (Fsp3) is 0.867. The Hall–Kier alpha value is 0.350. The lowest BCUT2D eigenvalue weighted by Crippen LogP contribution is -3.00. The van der Waals surface area contributed by atoms with Gasteiger partial charge < -0.3 is 37.9 Å². The van der Waals surface area contributed by atoms with E-state index in [2.05, 4.69) is 19.2 Å². The van der Waals surface area contributed by atoms with E-state index in [0.29, 0.717) is 12.0 Å². The number of ether oxygens (including phenoxy) is 2. The van der Waals surface area contributed by atoms with Crippen molar-refractivity contribution in [3.63, 3.8) is 0 Å². The highest BCUT2D eigenvalue weighted by molar-refractivity contribution is 4.91. The van der Waals surface area contributed by atoms with Crippen molar-refractivity contribution in [2.24, 2.45) is 5.92 Å². The molecule has 2 fully saturated rings. The van der Waals surface area contributed by atoms with Gasteiger partial charge in [-0.25, -0.2) is 0 Å². The number of halogens is 1. The molecule has 0 amide bonds. The molecule has 0 aromatic carbocycles. The summed E-state index contributed by atoms with van der Waals surface area (Å²) in [6.07, 6.45) is 11.2. The van der Waals surface area contributed by atoms with Crippen LogP contribution in [0, 0.1) is 5.92 Å². The standard InChI is InChI=1S/C15H26NO2.HI/c1-16(9-5-6-10-16)11-14-12-17-15(18-14)13-7-3-2-4-8-13;/h2-3,13-15H,4-12H2,1H3;1H/q+1;/p-1. The summed E-state index contributed by atoms with van der Waals surface area (Å²) >= 11 is 0. The van der Waals surface area contributed by atoms with E-state index >= 15 is 0 Å². The molecule has 110 valence electrons. The van der Waals surface area contributed by atoms with Crippen LogP contribution in [0.2, 0.25) is 0 Å². The average molecular weight is 379 g/mol. The van der Waals surface area contributed by atoms with Crippen molar-refractivity contribution in [1.82, 2.24) is 0 Å². The van der Waals surface area contributed by atoms with Crippen LogP contribution in [0.4, 0.5) is 0 Å². The number of allylic oxidation sites excluding steroid dienone is 2. The highest BCUT2D eigenvalue weighted by Crippen LogP contribution is 2.30. The van der Waals surface area contributed by atoms with E-state index in [-0.39, 0.29) is 30.3 Å². The first-order valence-electron chi connectivity index (χ1n) is 7.51. The lowest BCUT2D eigenvalue weighted by Gasteiger charge is -2.31. The summed E-state index contributed by atoms with van der Waals surface area (Å²) in [5.41, 5.74) is 0. The topological polar surface area (TPSA) is 18.5 Å². The quantitative estimate of drug-likeness (QED) is 0.368. The second-order valence-corrected chi connectivity index (χ2v) is 6.46. The Bertz CT molecular complexity index is 315. The van der Waals surface area contributed by atoms with Gasteiger partial charge in [0.1, 0.15) is 12.6 Å². The number of nitrogens with zero attached hydrogens (tertiary/aromatic N) is 1. The molecule has 1 aliphatic carbocycles. The van der Waals surface area contributed by atoms with Crippen LogP contribution in [-0.4, -0.2) is 50.2 Å². The van der Waals surface area contributed by atoms with E-state index in [4.69, 9.17) is 9.47 Å². The van der Waals surface area contributed by atoms with Crippen LogP contribution in [0.5, 0.6) is 0 Å². The number of likely N-dealkylation sites (tertiary alicyclic amines) is 1. The molecule has 0 N–H and O–H groups in total. The third kappa shape index (κ3) is 3.93. The number of rotatable bonds is 3. The van der Waals surface area contributed by atoms with Crippen molar-refractivity contribution in [2.75, 3.05) is 33.3 Å². The summed E-state index contributed by atoms with van der Waals surface area (Å²) in [5.74, 6) is 0.587. The minimum absolute atomic E-state index is 0. The van der Waals surface area contributed by atoms with Crippen molar-refractivity contribution < 1.29 is 37.9 Å². The Labute approximate surface area is 133 Å². The number of quaternary nitrogens is 1. The number of hydrogen-bond donors (Lipinski definition) is 0. The maximum absolute atomic E-state index is 6.16. The second kappa shape index (κ2) is 6.87. The van der Waals surface area contributed by atoms with Crippen molar-refractivity contribution in [3.05, 3.63) is 12.2 Å². The molecule has 3 nitrogen and oxygen atoms in total. The molecule has 2 heterocycles. The van der Waals surface area contributed by atoms with Gasteiger partial charge in [-0.1, -0.05) is 12.2 Å². The summed E-state index contributed by atoms with van der Waals surface area (Å²) in [4.78, 5) is 0. The Morgan fingerprint density at radius 1 is 1.21 bits per heavy atom. The van der Waals surface area contributed by atoms with Gasteiger partial charge in [0.2, 0.25) is 0 Å². The lowest BCUT2D eigenvalue weighted by atomic mass is 9.94. The predicted molar refractivity (Wildman–Crippen MR) is 71.1 cm³/mol. The van der Waals surface area contributed by atoms with E-state index in [0.717, 1.165) is 19.6 Å². The Morgan fingerprint density at radius 3 is 2.68 bits per heavy atom. The summed E-state index contributed by atoms with van der Waals surface area (Å²) in [6.45, 7) is 4.57. The van der Waals surface area contributed by atoms with E-state index in [1.54, 1.807) is 0 Å². The van der Waals surface area contributed by atoms with E-state index < -0.39 is 0 Å². The first kappa shape index (κ1) is 15.7. The minimum Gasteiger partial charge on any atom is -1.00 e. The van der Waals surface area contributed by atoms with Gasteiger partial charge in [-0.15, -0.1) is 0 Å². The fourth-order valence-electron chi connectivity index (χ4n) is 3.65. The van der Waals surface area contributed by atoms with Gasteiger partial charge in [0, 0.05) is 18.8 Å². The molecule has 0 saturated carbocycles. The molecule has 0 radical (unpaired) electrons. The Balaban J connectivity index is 0.00000133. The Morgan fingerprint density at radius 2 is 2.00 bits per heavy atom. The van der Waals surface area contributed by atoms with Crippen LogP contribution < -0.4 is 24.0 Å². The molecule has 0 aromatic heterocycles. The summed E-state index contributed by atoms with van der Waals surface area (Å²) in [5, 5.41) is 0. The molecule has 3 unspecified atom stereocenters. The molecule has 0 bridgehead atoms. The van der Waals surface area contributed by atoms with Crippen LogP contribution in [0.15, 0.2) is 12.2 Å². The summed E-state index contributed by atoms with van der Waals surface area (Å²) in [6, 6.07) is 0. The smallest absolute Gasteiger partial charge is 0.161 e. The zero-order valence-electron chi connectivity index (χ0n) is 11.9. The molecule has 3 aliphatic rings. The maximum Gasteiger partial charge on any atom is 0.161 e. The molecule has 2 aliphatic heterocycles. The zero-order chi connectivity index (χ0) is 12.4. The van der Waals surface area contributed by atoms with E-state index in [1.807, 2.05) is 0 Å². The molecule has 19 heavy (non-hydrogen) atoms. The van der Waals surface area contributed by atoms with Crippen molar-refractivity contribution >= 4 is 0 Å². The Kier molecular flexibility index (Phi) is 5.69. The molecule has 4 heteroatoms. The van der Waals surface area contributed by atoms with Gasteiger partial charge in [-0.05, 0) is 19.3 Å². The van der Waals surface area contributed by atoms with E-state index in [1.165, 1.54) is 43.3 Å². The van der Waals surface area contributed by atoms with Gasteiger partial charge in [-0.3, -0.25) is 0 Å². The molecule has 3 rings (SSSR count). The van der Waals surface area contributed by atoms with Gasteiger partial charge >= 0.3 is 0 Å². The summed E-state index contributed by atoms with van der Waals surface area (Å²) in [7, 11) is 2.37. The van der Waals surface area contributed by atoms with Crippen LogP contribution in [0.1, 0.15) is 32.1 Å². The van der Waals surface area contributed by atoms with Crippen LogP contribution in [-0.2, 0) is 9.47 Å². The third-order valence-corrected chi connectivity index (χ3v) is 4.76. The van der Waals surface area contributed by atoms with Gasteiger partial charge in [-0.2, -0.15) is 0 Å². The minimum atomic E-state index is 0. The second-order valence-electron chi connectivity index (χ2n) is 6.46. The first-order chi connectivity index (χ1) is 8.75. The monoisotopic (exact) mass is 379 g/mol. The van der Waals surface area contributed by atoms with Crippen LogP contribution in [0.3, 0.4) is 0 Å². The fourth-order valence-corrected chi connectivity index (χ4v) is 3.65. The van der Waals surface area contributed by atoms with Gasteiger partial charge in [0.15, 0.2) is 6.29 Å². The van der Waals surface area contributed by atoms with Crippen molar-refractivity contribution in [3.8, 4) is 0 Å². The molecular formula is C15H26INO2. The van der Waals surface area contributed by atoms with E-state index in [9.17, 15) is 0 Å². The summed E-state index contributed by atoms with van der Waals surface area (Å²) < 4.78 is 13.2. The average Bonchev–Trinajstić information content (AvgIpc) is 3.00. The molecule has 2 saturated heterocycles. The maximum atomic E-state index is 6.16. The highest BCUT2D eigenvalue weighted by Gasteiger charge is 2.38. The van der Waals surface area contributed by atoms with Crippen molar-refractivity contribution in [2.45, 2.75) is 44.5 Å².